The fourth-order valence-electron chi connectivity index (χ4n) is 6.52. The van der Waals surface area contributed by atoms with Gasteiger partial charge in [-0.25, -0.2) is 22.3 Å². The van der Waals surface area contributed by atoms with Gasteiger partial charge in [-0.05, 0) is 55.5 Å². The van der Waals surface area contributed by atoms with Crippen LogP contribution in [-0.2, 0) is 30.7 Å². The maximum Gasteiger partial charge on any atom is 0.407 e. The molecule has 6 aliphatic rings. The second kappa shape index (κ2) is 11.8. The molecule has 7 unspecified atom stereocenters. The van der Waals surface area contributed by atoms with Gasteiger partial charge in [0.2, 0.25) is 10.0 Å². The van der Waals surface area contributed by atoms with E-state index in [1.165, 1.54) is 30.0 Å². The first-order valence-corrected chi connectivity index (χ1v) is 17.1. The fraction of sp³-hybridized carbons (Fsp3) is 0.586. The molecule has 1 aromatic rings. The van der Waals surface area contributed by atoms with Gasteiger partial charge in [0.15, 0.2) is 11.5 Å². The van der Waals surface area contributed by atoms with E-state index in [2.05, 4.69) is 20.3 Å². The molecule has 4 fully saturated rings. The summed E-state index contributed by atoms with van der Waals surface area (Å²) >= 11 is 1.51. The highest BCUT2D eigenvalue weighted by atomic mass is 32.2. The first-order chi connectivity index (χ1) is 20.7. The van der Waals surface area contributed by atoms with Crippen LogP contribution in [0.4, 0.5) is 9.18 Å². The Bertz CT molecular complexity index is 1430. The highest BCUT2D eigenvalue weighted by Crippen LogP contribution is 2.49. The highest BCUT2D eigenvalue weighted by molar-refractivity contribution is 8.14. The van der Waals surface area contributed by atoms with Crippen molar-refractivity contribution in [2.75, 3.05) is 19.8 Å². The molecule has 43 heavy (non-hydrogen) atoms. The molecule has 2 saturated heterocycles. The molecule has 232 valence electrons. The lowest BCUT2D eigenvalue weighted by atomic mass is 9.98. The van der Waals surface area contributed by atoms with E-state index in [0.717, 1.165) is 24.4 Å². The molecule has 0 spiro atoms. The Morgan fingerprint density at radius 1 is 1.19 bits per heavy atom. The fourth-order valence-corrected chi connectivity index (χ4v) is 8.93. The van der Waals surface area contributed by atoms with Gasteiger partial charge in [-0.1, -0.05) is 30.0 Å². The number of benzene rings is 1. The van der Waals surface area contributed by atoms with Gasteiger partial charge in [-0.15, -0.1) is 0 Å². The molecule has 2 saturated carbocycles. The Labute approximate surface area is 253 Å². The number of aliphatic hydroxyl groups is 1. The third kappa shape index (κ3) is 6.36. The number of rotatable bonds is 10. The highest BCUT2D eigenvalue weighted by Gasteiger charge is 2.56. The SMILES string of the molecule is O=C(N[C@@H](Cc1ccc(F)cc1)[C@H](O)CNS(=O)(=O)C1=CC2SC(NC3CC3)=NC2C=C1)OC1C2COC3OCC1C3C2. The maximum absolute atomic E-state index is 13.5. The van der Waals surface area contributed by atoms with Gasteiger partial charge in [0, 0.05) is 30.3 Å². The summed E-state index contributed by atoms with van der Waals surface area (Å²) in [6.45, 7) is 0.558. The molecule has 0 aromatic heterocycles. The zero-order chi connectivity index (χ0) is 29.7. The number of halogens is 1. The molecular formula is C29H35FN4O7S2. The quantitative estimate of drug-likeness (QED) is 0.303. The number of hydrogen-bond donors (Lipinski definition) is 4. The molecule has 7 rings (SSSR count). The summed E-state index contributed by atoms with van der Waals surface area (Å²) in [5, 5.41) is 18.0. The number of fused-ring (bicyclic) bond motifs is 2. The maximum atomic E-state index is 13.5. The molecule has 1 amide bonds. The van der Waals surface area contributed by atoms with E-state index < -0.39 is 34.1 Å². The lowest BCUT2D eigenvalue weighted by Gasteiger charge is -2.29. The molecular weight excluding hydrogens is 599 g/mol. The number of hydrogen-bond acceptors (Lipinski definition) is 10. The molecule has 3 aliphatic carbocycles. The van der Waals surface area contributed by atoms with Crippen molar-refractivity contribution in [3.63, 3.8) is 0 Å². The normalized spacial score (nSPS) is 33.8. The number of amides is 1. The number of nitrogens with zero attached hydrogens (tertiary/aromatic N) is 1. The van der Waals surface area contributed by atoms with Gasteiger partial charge in [0.1, 0.15) is 11.9 Å². The largest absolute Gasteiger partial charge is 0.445 e. The number of nitrogens with one attached hydrogen (secondary N) is 3. The summed E-state index contributed by atoms with van der Waals surface area (Å²) in [6.07, 6.45) is 5.58. The van der Waals surface area contributed by atoms with Gasteiger partial charge < -0.3 is 30.0 Å². The average molecular weight is 635 g/mol. The Balaban J connectivity index is 0.992. The van der Waals surface area contributed by atoms with Gasteiger partial charge >= 0.3 is 6.09 Å². The number of sulfonamides is 1. The van der Waals surface area contributed by atoms with Crippen molar-refractivity contribution in [2.45, 2.75) is 67.6 Å². The summed E-state index contributed by atoms with van der Waals surface area (Å²) in [4.78, 5) is 17.9. The number of thioether (sulfide) groups is 1. The van der Waals surface area contributed by atoms with Crippen LogP contribution in [0.2, 0.25) is 0 Å². The summed E-state index contributed by atoms with van der Waals surface area (Å²) in [5.41, 5.74) is 0.656. The van der Waals surface area contributed by atoms with Crippen LogP contribution in [0.5, 0.6) is 0 Å². The molecule has 4 N–H and O–H groups in total. The molecule has 11 nitrogen and oxygen atoms in total. The Morgan fingerprint density at radius 3 is 2.77 bits per heavy atom. The van der Waals surface area contributed by atoms with Crippen LogP contribution in [0.25, 0.3) is 0 Å². The minimum absolute atomic E-state index is 0.0518. The Hall–Kier alpha value is -2.49. The van der Waals surface area contributed by atoms with E-state index in [9.17, 15) is 22.7 Å². The van der Waals surface area contributed by atoms with E-state index >= 15 is 0 Å². The van der Waals surface area contributed by atoms with E-state index in [4.69, 9.17) is 14.2 Å². The third-order valence-electron chi connectivity index (χ3n) is 9.00. The van der Waals surface area contributed by atoms with E-state index in [0.29, 0.717) is 24.8 Å². The van der Waals surface area contributed by atoms with Crippen molar-refractivity contribution in [3.8, 4) is 0 Å². The van der Waals surface area contributed by atoms with E-state index in [1.54, 1.807) is 24.3 Å². The van der Waals surface area contributed by atoms with Crippen LogP contribution < -0.4 is 15.4 Å². The second-order valence-electron chi connectivity index (χ2n) is 12.1. The van der Waals surface area contributed by atoms with Crippen LogP contribution in [0.3, 0.4) is 0 Å². The molecule has 1 aromatic carbocycles. The number of alkyl carbamates (subject to hydrolysis) is 1. The summed E-state index contributed by atoms with van der Waals surface area (Å²) < 4.78 is 59.8. The molecule has 0 radical (unpaired) electrons. The van der Waals surface area contributed by atoms with Crippen LogP contribution in [0.1, 0.15) is 24.8 Å². The Morgan fingerprint density at radius 2 is 1.98 bits per heavy atom. The zero-order valence-corrected chi connectivity index (χ0v) is 24.9. The monoisotopic (exact) mass is 634 g/mol. The van der Waals surface area contributed by atoms with Crippen molar-refractivity contribution >= 4 is 33.0 Å². The number of aliphatic hydroxyl groups excluding tert-OH is 1. The van der Waals surface area contributed by atoms with E-state index in [-0.39, 0.29) is 59.3 Å². The van der Waals surface area contributed by atoms with Crippen molar-refractivity contribution < 1.29 is 36.9 Å². The summed E-state index contributed by atoms with van der Waals surface area (Å²) in [7, 11) is -3.96. The number of aliphatic imine (C=N–C) groups is 1. The van der Waals surface area contributed by atoms with Crippen molar-refractivity contribution in [3.05, 3.63) is 58.8 Å². The number of amidine groups is 1. The van der Waals surface area contributed by atoms with Gasteiger partial charge in [-0.3, -0.25) is 4.99 Å². The molecule has 14 heteroatoms. The lowest BCUT2D eigenvalue weighted by molar-refractivity contribution is -0.169. The van der Waals surface area contributed by atoms with Crippen LogP contribution in [0.15, 0.2) is 52.4 Å². The predicted molar refractivity (Wildman–Crippen MR) is 157 cm³/mol. The molecule has 9 atom stereocenters. The lowest BCUT2D eigenvalue weighted by Crippen LogP contribution is -2.50. The standard InChI is InChI=1S/C29H35FN4O7S2/c30-17-3-1-15(2-4-17)9-23(34-29(36)41-26-16-10-20-21(26)14-40-27(20)39-13-16)24(35)12-31-43(37,38)19-7-8-22-25(11-19)42-28(33-22)32-18-5-6-18/h1-4,7-8,11,16,18,20-27,31,35H,5-6,9-10,12-14H2,(H,32,33)(H,34,36)/t16?,20?,21?,22?,23-,24+,25?,26?,27?/m0/s1. The van der Waals surface area contributed by atoms with Crippen LogP contribution in [0, 0.1) is 23.6 Å². The minimum Gasteiger partial charge on any atom is -0.445 e. The predicted octanol–water partition coefficient (Wildman–Crippen LogP) is 1.80. The van der Waals surface area contributed by atoms with Gasteiger partial charge in [-0.2, -0.15) is 0 Å². The average Bonchev–Trinajstić information content (AvgIpc) is 3.44. The van der Waals surface area contributed by atoms with Gasteiger partial charge in [0.05, 0.1) is 41.6 Å². The smallest absolute Gasteiger partial charge is 0.407 e. The summed E-state index contributed by atoms with van der Waals surface area (Å²) in [5.74, 6) is -0.0882. The third-order valence-corrected chi connectivity index (χ3v) is 11.6. The van der Waals surface area contributed by atoms with Crippen molar-refractivity contribution in [2.24, 2.45) is 22.7 Å². The molecule has 2 bridgehead atoms. The zero-order valence-electron chi connectivity index (χ0n) is 23.3. The first kappa shape index (κ1) is 29.2. The topological polar surface area (TPSA) is 148 Å². The molecule has 3 aliphatic heterocycles. The number of carbonyl (C=O) groups is 1. The van der Waals surface area contributed by atoms with Gasteiger partial charge in [0.25, 0.3) is 0 Å². The summed E-state index contributed by atoms with van der Waals surface area (Å²) in [6, 6.07) is 5.11. The van der Waals surface area contributed by atoms with Crippen LogP contribution >= 0.6 is 11.8 Å². The van der Waals surface area contributed by atoms with Crippen molar-refractivity contribution in [1.82, 2.24) is 15.4 Å². The minimum atomic E-state index is -3.96. The van der Waals surface area contributed by atoms with Crippen molar-refractivity contribution in [1.29, 1.82) is 0 Å². The number of carbonyl (C=O) groups excluding carboxylic acids is 1. The number of allylic oxidation sites excluding steroid dienone is 1. The Kier molecular flexibility index (Phi) is 8.01. The molecule has 3 heterocycles. The van der Waals surface area contributed by atoms with Crippen LogP contribution in [-0.4, -0.2) is 86.4 Å². The second-order valence-corrected chi connectivity index (χ2v) is 15.0. The number of ether oxygens (including phenoxy) is 3. The first-order valence-electron chi connectivity index (χ1n) is 14.8. The van der Waals surface area contributed by atoms with E-state index in [1.807, 2.05) is 0 Å².